The fourth-order valence-corrected chi connectivity index (χ4v) is 3.89. The molecule has 1 saturated carbocycles. The van der Waals surface area contributed by atoms with Crippen molar-refractivity contribution in [1.29, 1.82) is 0 Å². The molecule has 1 aliphatic rings. The number of phenols is 1. The minimum Gasteiger partial charge on any atom is -0.508 e. The summed E-state index contributed by atoms with van der Waals surface area (Å²) in [5.74, 6) is -0.129. The standard InChI is InChI=1S/C25H28O8/c1-13(11-26)21(28)23(30)24(31)25(15-2-3-15)33-17-8-9-18-20(10-17)32-12-19(22(18)29)14-4-6-16(27)7-5-14/h4-10,12-13,15,21,23-28,30-31H,2-3,11H2,1H3. The summed E-state index contributed by atoms with van der Waals surface area (Å²) in [4.78, 5) is 12.9. The van der Waals surface area contributed by atoms with Crippen molar-refractivity contribution in [2.75, 3.05) is 6.61 Å². The Bertz CT molecular complexity index is 1150. The first kappa shape index (κ1) is 23.3. The molecule has 5 unspecified atom stereocenters. The highest BCUT2D eigenvalue weighted by atomic mass is 16.5. The summed E-state index contributed by atoms with van der Waals surface area (Å²) in [6.07, 6.45) is -1.92. The maximum atomic E-state index is 12.9. The van der Waals surface area contributed by atoms with Gasteiger partial charge in [0.15, 0.2) is 5.43 Å². The van der Waals surface area contributed by atoms with Gasteiger partial charge in [0.1, 0.15) is 41.7 Å². The van der Waals surface area contributed by atoms with E-state index in [1.54, 1.807) is 37.3 Å². The van der Waals surface area contributed by atoms with Gasteiger partial charge in [0.05, 0.1) is 17.1 Å². The number of aliphatic hydroxyl groups is 4. The third-order valence-corrected chi connectivity index (χ3v) is 6.19. The zero-order valence-electron chi connectivity index (χ0n) is 18.2. The summed E-state index contributed by atoms with van der Waals surface area (Å²) >= 11 is 0. The second-order valence-electron chi connectivity index (χ2n) is 8.73. The van der Waals surface area contributed by atoms with Crippen molar-refractivity contribution >= 4 is 11.0 Å². The molecule has 5 atom stereocenters. The highest BCUT2D eigenvalue weighted by molar-refractivity contribution is 5.82. The molecule has 176 valence electrons. The molecule has 0 bridgehead atoms. The van der Waals surface area contributed by atoms with Gasteiger partial charge in [-0.1, -0.05) is 19.1 Å². The summed E-state index contributed by atoms with van der Waals surface area (Å²) < 4.78 is 11.7. The van der Waals surface area contributed by atoms with Gasteiger partial charge in [0.2, 0.25) is 0 Å². The minimum atomic E-state index is -1.48. The smallest absolute Gasteiger partial charge is 0.200 e. The van der Waals surface area contributed by atoms with Crippen LogP contribution in [0.3, 0.4) is 0 Å². The molecule has 2 aromatic carbocycles. The second-order valence-corrected chi connectivity index (χ2v) is 8.73. The number of benzene rings is 2. The second kappa shape index (κ2) is 9.52. The highest BCUT2D eigenvalue weighted by Crippen LogP contribution is 2.38. The molecule has 3 aromatic rings. The maximum absolute atomic E-state index is 12.9. The molecule has 5 N–H and O–H groups in total. The number of aliphatic hydroxyl groups excluding tert-OH is 4. The lowest BCUT2D eigenvalue weighted by Gasteiger charge is -2.31. The van der Waals surface area contributed by atoms with Crippen molar-refractivity contribution in [3.05, 3.63) is 59.0 Å². The molecule has 0 saturated heterocycles. The predicted molar refractivity (Wildman–Crippen MR) is 121 cm³/mol. The predicted octanol–water partition coefficient (Wildman–Crippen LogP) is 2.03. The molecule has 0 spiro atoms. The average molecular weight is 456 g/mol. The number of rotatable bonds is 9. The third-order valence-electron chi connectivity index (χ3n) is 6.19. The number of phenolic OH excluding ortho intramolecular Hbond substituents is 1. The molecule has 33 heavy (non-hydrogen) atoms. The Morgan fingerprint density at radius 2 is 1.73 bits per heavy atom. The van der Waals surface area contributed by atoms with Crippen LogP contribution in [-0.2, 0) is 0 Å². The Balaban J connectivity index is 1.58. The van der Waals surface area contributed by atoms with E-state index in [9.17, 15) is 30.3 Å². The number of fused-ring (bicyclic) bond motifs is 1. The average Bonchev–Trinajstić information content (AvgIpc) is 3.67. The Kier molecular flexibility index (Phi) is 6.71. The monoisotopic (exact) mass is 456 g/mol. The molecule has 8 heteroatoms. The van der Waals surface area contributed by atoms with Crippen LogP contribution in [0.15, 0.2) is 57.9 Å². The van der Waals surface area contributed by atoms with Crippen LogP contribution in [0.25, 0.3) is 22.1 Å². The summed E-state index contributed by atoms with van der Waals surface area (Å²) in [6.45, 7) is 1.25. The van der Waals surface area contributed by atoms with E-state index >= 15 is 0 Å². The number of aromatic hydroxyl groups is 1. The summed E-state index contributed by atoms with van der Waals surface area (Å²) in [6, 6.07) is 11.0. The fraction of sp³-hybridized carbons (Fsp3) is 0.400. The third kappa shape index (κ3) is 4.89. The van der Waals surface area contributed by atoms with Crippen LogP contribution in [0.1, 0.15) is 19.8 Å². The first-order valence-electron chi connectivity index (χ1n) is 11.0. The molecule has 8 nitrogen and oxygen atoms in total. The number of ether oxygens (including phenoxy) is 1. The topological polar surface area (TPSA) is 141 Å². The summed E-state index contributed by atoms with van der Waals surface area (Å²) in [7, 11) is 0. The largest absolute Gasteiger partial charge is 0.508 e. The van der Waals surface area contributed by atoms with Crippen molar-refractivity contribution in [1.82, 2.24) is 0 Å². The lowest BCUT2D eigenvalue weighted by atomic mass is 9.93. The van der Waals surface area contributed by atoms with E-state index in [-0.39, 0.29) is 23.7 Å². The quantitative estimate of drug-likeness (QED) is 0.329. The highest BCUT2D eigenvalue weighted by Gasteiger charge is 2.43. The van der Waals surface area contributed by atoms with Gasteiger partial charge >= 0.3 is 0 Å². The normalized spacial score (nSPS) is 18.5. The van der Waals surface area contributed by atoms with Gasteiger partial charge < -0.3 is 34.7 Å². The lowest BCUT2D eigenvalue weighted by Crippen LogP contribution is -2.50. The van der Waals surface area contributed by atoms with Gasteiger partial charge in [-0.25, -0.2) is 0 Å². The van der Waals surface area contributed by atoms with Crippen LogP contribution in [-0.4, -0.2) is 56.6 Å². The minimum absolute atomic E-state index is 0.0193. The van der Waals surface area contributed by atoms with Crippen molar-refractivity contribution < 1.29 is 34.7 Å². The lowest BCUT2D eigenvalue weighted by molar-refractivity contribution is -0.119. The Hall–Kier alpha value is -2.91. The van der Waals surface area contributed by atoms with Crippen molar-refractivity contribution in [2.45, 2.75) is 44.2 Å². The van der Waals surface area contributed by atoms with E-state index in [1.165, 1.54) is 18.4 Å². The molecule has 0 amide bonds. The molecular formula is C25H28O8. The summed E-state index contributed by atoms with van der Waals surface area (Å²) in [5.41, 5.74) is 1.05. The van der Waals surface area contributed by atoms with Crippen LogP contribution < -0.4 is 10.2 Å². The van der Waals surface area contributed by atoms with E-state index in [0.29, 0.717) is 27.8 Å². The van der Waals surface area contributed by atoms with Crippen molar-refractivity contribution in [3.63, 3.8) is 0 Å². The van der Waals surface area contributed by atoms with Crippen LogP contribution in [0, 0.1) is 11.8 Å². The van der Waals surface area contributed by atoms with Gasteiger partial charge in [-0.2, -0.15) is 0 Å². The summed E-state index contributed by atoms with van der Waals surface area (Å²) in [5, 5.41) is 50.3. The molecule has 0 aliphatic heterocycles. The van der Waals surface area contributed by atoms with Crippen molar-refractivity contribution in [2.24, 2.45) is 11.8 Å². The number of hydrogen-bond donors (Lipinski definition) is 5. The molecule has 1 fully saturated rings. The SMILES string of the molecule is CC(CO)C(O)C(O)C(O)C(Oc1ccc2c(=O)c(-c3ccc(O)cc3)coc2c1)C1CC1. The Labute approximate surface area is 190 Å². The Morgan fingerprint density at radius 1 is 1.03 bits per heavy atom. The maximum Gasteiger partial charge on any atom is 0.200 e. The van der Waals surface area contributed by atoms with E-state index in [1.807, 2.05) is 0 Å². The molecule has 4 rings (SSSR count). The van der Waals surface area contributed by atoms with Crippen LogP contribution in [0.5, 0.6) is 11.5 Å². The molecule has 0 radical (unpaired) electrons. The van der Waals surface area contributed by atoms with Crippen LogP contribution >= 0.6 is 0 Å². The van der Waals surface area contributed by atoms with Crippen LogP contribution in [0.4, 0.5) is 0 Å². The van der Waals surface area contributed by atoms with E-state index < -0.39 is 30.3 Å². The molecule has 1 aromatic heterocycles. The van der Waals surface area contributed by atoms with Gasteiger partial charge in [0, 0.05) is 18.6 Å². The zero-order chi connectivity index (χ0) is 23.7. The molecule has 1 aliphatic carbocycles. The first-order chi connectivity index (χ1) is 15.8. The van der Waals surface area contributed by atoms with Crippen molar-refractivity contribution in [3.8, 4) is 22.6 Å². The first-order valence-corrected chi connectivity index (χ1v) is 11.0. The Morgan fingerprint density at radius 3 is 2.36 bits per heavy atom. The van der Waals surface area contributed by atoms with Crippen LogP contribution in [0.2, 0.25) is 0 Å². The number of hydrogen-bond acceptors (Lipinski definition) is 8. The van der Waals surface area contributed by atoms with Gasteiger partial charge in [-0.05, 0) is 48.6 Å². The van der Waals surface area contributed by atoms with Gasteiger partial charge in [-0.15, -0.1) is 0 Å². The zero-order valence-corrected chi connectivity index (χ0v) is 18.2. The molecular weight excluding hydrogens is 428 g/mol. The fourth-order valence-electron chi connectivity index (χ4n) is 3.89. The van der Waals surface area contributed by atoms with Gasteiger partial charge in [-0.3, -0.25) is 4.79 Å². The molecule has 1 heterocycles. The van der Waals surface area contributed by atoms with Gasteiger partial charge in [0.25, 0.3) is 0 Å². The van der Waals surface area contributed by atoms with E-state index in [4.69, 9.17) is 9.15 Å². The van der Waals surface area contributed by atoms with E-state index in [0.717, 1.165) is 12.8 Å². The van der Waals surface area contributed by atoms with E-state index in [2.05, 4.69) is 0 Å².